The summed E-state index contributed by atoms with van der Waals surface area (Å²) in [6.45, 7) is 4.69. The van der Waals surface area contributed by atoms with Crippen LogP contribution >= 0.6 is 0 Å². The van der Waals surface area contributed by atoms with E-state index < -0.39 is 10.8 Å². The molecular formula is C23H27N3O4S. The number of pyridine rings is 1. The van der Waals surface area contributed by atoms with Crippen molar-refractivity contribution >= 4 is 10.8 Å². The Morgan fingerprint density at radius 3 is 2.61 bits per heavy atom. The summed E-state index contributed by atoms with van der Waals surface area (Å²) in [5, 5.41) is 4.27. The van der Waals surface area contributed by atoms with Crippen molar-refractivity contribution in [1.82, 2.24) is 14.3 Å². The maximum Gasteiger partial charge on any atom is 0.293 e. The van der Waals surface area contributed by atoms with Crippen molar-refractivity contribution in [1.29, 1.82) is 0 Å². The normalized spacial score (nSPS) is 14.6. The molecule has 8 heteroatoms. The molecule has 0 radical (unpaired) electrons. The van der Waals surface area contributed by atoms with Gasteiger partial charge in [-0.3, -0.25) is 13.7 Å². The van der Waals surface area contributed by atoms with E-state index >= 15 is 0 Å². The average molecular weight is 442 g/mol. The highest BCUT2D eigenvalue weighted by Gasteiger charge is 2.23. The highest BCUT2D eigenvalue weighted by atomic mass is 32.2. The molecule has 4 rings (SSSR count). The lowest BCUT2D eigenvalue weighted by Crippen LogP contribution is -2.17. The summed E-state index contributed by atoms with van der Waals surface area (Å²) < 4.78 is 27.3. The molecule has 164 valence electrons. The van der Waals surface area contributed by atoms with E-state index in [9.17, 15) is 9.00 Å². The van der Waals surface area contributed by atoms with Gasteiger partial charge in [-0.05, 0) is 56.9 Å². The molecule has 1 aliphatic carbocycles. The molecule has 1 aromatic carbocycles. The zero-order valence-electron chi connectivity index (χ0n) is 18.2. The van der Waals surface area contributed by atoms with E-state index in [4.69, 9.17) is 9.47 Å². The Hall–Kier alpha value is -2.87. The lowest BCUT2D eigenvalue weighted by molar-refractivity contribution is 0.301. The van der Waals surface area contributed by atoms with Crippen molar-refractivity contribution < 1.29 is 13.7 Å². The van der Waals surface area contributed by atoms with Crippen molar-refractivity contribution in [2.75, 3.05) is 12.9 Å². The van der Waals surface area contributed by atoms with E-state index in [2.05, 4.69) is 5.10 Å². The molecule has 0 spiro atoms. The molecule has 0 saturated heterocycles. The van der Waals surface area contributed by atoms with Gasteiger partial charge in [-0.25, -0.2) is 0 Å². The summed E-state index contributed by atoms with van der Waals surface area (Å²) in [4.78, 5) is 13.4. The highest BCUT2D eigenvalue weighted by Crippen LogP contribution is 2.36. The van der Waals surface area contributed by atoms with Crippen molar-refractivity contribution in [2.24, 2.45) is 13.0 Å². The van der Waals surface area contributed by atoms with E-state index in [-0.39, 0.29) is 17.4 Å². The van der Waals surface area contributed by atoms with E-state index in [0.717, 1.165) is 11.1 Å². The van der Waals surface area contributed by atoms with Gasteiger partial charge in [-0.2, -0.15) is 5.10 Å². The fourth-order valence-corrected chi connectivity index (χ4v) is 3.76. The van der Waals surface area contributed by atoms with Crippen LogP contribution in [0.3, 0.4) is 0 Å². The number of hydrogen-bond donors (Lipinski definition) is 0. The van der Waals surface area contributed by atoms with E-state index in [1.165, 1.54) is 17.4 Å². The van der Waals surface area contributed by atoms with Crippen molar-refractivity contribution in [3.05, 3.63) is 53.2 Å². The van der Waals surface area contributed by atoms with Crippen LogP contribution in [0.25, 0.3) is 11.1 Å². The van der Waals surface area contributed by atoms with Gasteiger partial charge in [-0.1, -0.05) is 0 Å². The number of aryl methyl sites for hydroxylation is 1. The van der Waals surface area contributed by atoms with Crippen LogP contribution in [0, 0.1) is 5.92 Å². The molecule has 1 unspecified atom stereocenters. The van der Waals surface area contributed by atoms with Crippen LogP contribution in [0.2, 0.25) is 0 Å². The van der Waals surface area contributed by atoms with Gasteiger partial charge < -0.3 is 14.0 Å². The monoisotopic (exact) mass is 441 g/mol. The summed E-state index contributed by atoms with van der Waals surface area (Å²) in [7, 11) is 0.547. The Labute approximate surface area is 184 Å². The number of ether oxygens (including phenoxy) is 2. The van der Waals surface area contributed by atoms with Gasteiger partial charge in [0.25, 0.3) is 5.56 Å². The molecule has 3 aromatic rings. The minimum Gasteiger partial charge on any atom is -0.493 e. The average Bonchev–Trinajstić information content (AvgIpc) is 3.45. The molecule has 2 heterocycles. The Morgan fingerprint density at radius 1 is 1.19 bits per heavy atom. The second kappa shape index (κ2) is 8.70. The molecule has 0 amide bonds. The van der Waals surface area contributed by atoms with Crippen molar-refractivity contribution in [3.63, 3.8) is 0 Å². The largest absolute Gasteiger partial charge is 0.493 e. The lowest BCUT2D eigenvalue weighted by Gasteiger charge is -2.15. The van der Waals surface area contributed by atoms with Gasteiger partial charge in [0.1, 0.15) is 5.75 Å². The quantitative estimate of drug-likeness (QED) is 0.525. The third-order valence-electron chi connectivity index (χ3n) is 5.25. The van der Waals surface area contributed by atoms with Crippen molar-refractivity contribution in [2.45, 2.75) is 37.6 Å². The maximum atomic E-state index is 12.7. The first kappa shape index (κ1) is 21.4. The third-order valence-corrected chi connectivity index (χ3v) is 6.17. The van der Waals surface area contributed by atoms with E-state index in [0.29, 0.717) is 28.9 Å². The lowest BCUT2D eigenvalue weighted by atomic mass is 10.1. The molecule has 7 nitrogen and oxygen atoms in total. The minimum atomic E-state index is -1.14. The Balaban J connectivity index is 1.73. The number of aromatic nitrogens is 3. The topological polar surface area (TPSA) is 75.3 Å². The molecule has 0 bridgehead atoms. The first-order valence-corrected chi connectivity index (χ1v) is 11.9. The maximum absolute atomic E-state index is 12.7. The molecule has 1 atom stereocenters. The highest BCUT2D eigenvalue weighted by molar-refractivity contribution is 7.84. The number of benzene rings is 1. The van der Waals surface area contributed by atoms with Crippen LogP contribution in [0.5, 0.6) is 17.2 Å². The first-order valence-electron chi connectivity index (χ1n) is 10.3. The van der Waals surface area contributed by atoms with Gasteiger partial charge in [0.15, 0.2) is 11.5 Å². The Kier molecular flexibility index (Phi) is 6.00. The van der Waals surface area contributed by atoms with Gasteiger partial charge in [0, 0.05) is 52.4 Å². The fourth-order valence-electron chi connectivity index (χ4n) is 3.22. The van der Waals surface area contributed by atoms with Gasteiger partial charge in [0.2, 0.25) is 0 Å². The zero-order valence-corrected chi connectivity index (χ0v) is 19.0. The smallest absolute Gasteiger partial charge is 0.293 e. The van der Waals surface area contributed by atoms with Gasteiger partial charge in [-0.15, -0.1) is 0 Å². The molecule has 0 aliphatic heterocycles. The Morgan fingerprint density at radius 2 is 1.97 bits per heavy atom. The second-order valence-corrected chi connectivity index (χ2v) is 9.61. The first-order chi connectivity index (χ1) is 14.8. The number of nitrogens with zero attached hydrogens (tertiary/aromatic N) is 3. The molecule has 31 heavy (non-hydrogen) atoms. The predicted octanol–water partition coefficient (Wildman–Crippen LogP) is 4.15. The summed E-state index contributed by atoms with van der Waals surface area (Å²) in [6.07, 6.45) is 9.13. The van der Waals surface area contributed by atoms with E-state index in [1.807, 2.05) is 32.0 Å². The van der Waals surface area contributed by atoms with Crippen LogP contribution in [0.1, 0.15) is 32.7 Å². The molecule has 2 aromatic heterocycles. The summed E-state index contributed by atoms with van der Waals surface area (Å²) in [5.74, 6) is 2.00. The SMILES string of the molecule is CC(C)n1cc(Oc2cc(-c3cc(S(C)=O)ccc3OCC3CC3)cn(C)c2=O)cn1. The van der Waals surface area contributed by atoms with Crippen LogP contribution in [0.15, 0.2) is 52.5 Å². The molecule has 1 aliphatic rings. The summed E-state index contributed by atoms with van der Waals surface area (Å²) in [6, 6.07) is 7.43. The summed E-state index contributed by atoms with van der Waals surface area (Å²) in [5.41, 5.74) is 1.29. The van der Waals surface area contributed by atoms with Gasteiger partial charge >= 0.3 is 0 Å². The molecule has 1 saturated carbocycles. The molecule has 1 fully saturated rings. The van der Waals surface area contributed by atoms with Crippen LogP contribution in [-0.4, -0.2) is 31.4 Å². The molecular weight excluding hydrogens is 414 g/mol. The van der Waals surface area contributed by atoms with Crippen molar-refractivity contribution in [3.8, 4) is 28.4 Å². The number of hydrogen-bond acceptors (Lipinski definition) is 5. The van der Waals surface area contributed by atoms with E-state index in [1.54, 1.807) is 42.6 Å². The summed E-state index contributed by atoms with van der Waals surface area (Å²) >= 11 is 0. The standard InChI is InChI=1S/C23H27N3O4S/c1-15(2)26-13-18(11-24-26)30-22-9-17(12-25(3)23(22)27)20-10-19(31(4)28)7-8-21(20)29-14-16-5-6-16/h7-13,15-16H,5-6,14H2,1-4H3. The number of rotatable bonds is 8. The predicted molar refractivity (Wildman–Crippen MR) is 120 cm³/mol. The second-order valence-electron chi connectivity index (χ2n) is 8.23. The van der Waals surface area contributed by atoms with Crippen LogP contribution < -0.4 is 15.0 Å². The van der Waals surface area contributed by atoms with Crippen LogP contribution in [-0.2, 0) is 17.8 Å². The molecule has 0 N–H and O–H groups in total. The van der Waals surface area contributed by atoms with Gasteiger partial charge in [0.05, 0.1) is 19.0 Å². The minimum absolute atomic E-state index is 0.190. The van der Waals surface area contributed by atoms with Crippen LogP contribution in [0.4, 0.5) is 0 Å². The third kappa shape index (κ3) is 4.90. The fraction of sp³-hybridized carbons (Fsp3) is 0.391. The Bertz CT molecular complexity index is 1180. The zero-order chi connectivity index (χ0) is 22.1.